The molecule has 1 aromatic heterocycles. The van der Waals surface area contributed by atoms with E-state index in [2.05, 4.69) is 20.4 Å². The van der Waals surface area contributed by atoms with Crippen LogP contribution < -0.4 is 11.1 Å². The molecular formula is C14H26IN5O. The zero-order chi connectivity index (χ0) is 14.4. The minimum Gasteiger partial charge on any atom is -0.370 e. The number of nitrogens with one attached hydrogen (secondary N) is 1. The van der Waals surface area contributed by atoms with Crippen LogP contribution in [0.15, 0.2) is 9.52 Å². The van der Waals surface area contributed by atoms with E-state index in [1.165, 1.54) is 32.1 Å². The van der Waals surface area contributed by atoms with Crippen molar-refractivity contribution in [2.24, 2.45) is 10.7 Å². The monoisotopic (exact) mass is 407 g/mol. The van der Waals surface area contributed by atoms with Crippen LogP contribution in [-0.2, 0) is 6.42 Å². The molecule has 0 aliphatic heterocycles. The van der Waals surface area contributed by atoms with E-state index in [1.807, 2.05) is 13.8 Å². The Morgan fingerprint density at radius 1 is 1.38 bits per heavy atom. The van der Waals surface area contributed by atoms with Gasteiger partial charge >= 0.3 is 0 Å². The third-order valence-electron chi connectivity index (χ3n) is 3.57. The molecule has 3 N–H and O–H groups in total. The molecule has 1 aromatic rings. The molecule has 0 bridgehead atoms. The highest BCUT2D eigenvalue weighted by Gasteiger charge is 2.13. The van der Waals surface area contributed by atoms with Crippen molar-refractivity contribution < 1.29 is 4.52 Å². The first-order valence-electron chi connectivity index (χ1n) is 7.54. The second kappa shape index (κ2) is 9.22. The Kier molecular flexibility index (Phi) is 7.98. The normalized spacial score (nSPS) is 16.8. The Morgan fingerprint density at radius 3 is 2.71 bits per heavy atom. The second-order valence-electron chi connectivity index (χ2n) is 5.70. The molecule has 1 saturated carbocycles. The Hall–Kier alpha value is -0.860. The van der Waals surface area contributed by atoms with Crippen molar-refractivity contribution in [2.75, 3.05) is 6.54 Å². The summed E-state index contributed by atoms with van der Waals surface area (Å²) in [5, 5.41) is 7.22. The highest BCUT2D eigenvalue weighted by Crippen LogP contribution is 2.17. The minimum absolute atomic E-state index is 0. The van der Waals surface area contributed by atoms with Crippen LogP contribution in [0.5, 0.6) is 0 Å². The van der Waals surface area contributed by atoms with E-state index in [4.69, 9.17) is 10.3 Å². The number of hydrogen-bond donors (Lipinski definition) is 2. The molecule has 7 heteroatoms. The van der Waals surface area contributed by atoms with Gasteiger partial charge in [0, 0.05) is 18.4 Å². The van der Waals surface area contributed by atoms with Gasteiger partial charge in [0.15, 0.2) is 11.8 Å². The van der Waals surface area contributed by atoms with Gasteiger partial charge < -0.3 is 15.6 Å². The van der Waals surface area contributed by atoms with E-state index in [9.17, 15) is 0 Å². The molecule has 1 heterocycles. The lowest BCUT2D eigenvalue weighted by Crippen LogP contribution is -2.41. The minimum atomic E-state index is 0. The van der Waals surface area contributed by atoms with Gasteiger partial charge in [-0.05, 0) is 12.8 Å². The van der Waals surface area contributed by atoms with Crippen molar-refractivity contribution in [1.29, 1.82) is 0 Å². The van der Waals surface area contributed by atoms with Gasteiger partial charge in [-0.3, -0.25) is 4.99 Å². The number of nitrogens with two attached hydrogens (primary N) is 1. The van der Waals surface area contributed by atoms with Crippen molar-refractivity contribution >= 4 is 29.9 Å². The number of nitrogens with zero attached hydrogens (tertiary/aromatic N) is 3. The molecule has 0 saturated heterocycles. The van der Waals surface area contributed by atoms with Gasteiger partial charge in [-0.15, -0.1) is 24.0 Å². The van der Waals surface area contributed by atoms with Crippen LogP contribution in [0.1, 0.15) is 63.6 Å². The van der Waals surface area contributed by atoms with E-state index in [0.717, 1.165) is 5.82 Å². The van der Waals surface area contributed by atoms with Crippen molar-refractivity contribution in [1.82, 2.24) is 15.5 Å². The summed E-state index contributed by atoms with van der Waals surface area (Å²) in [4.78, 5) is 8.64. The van der Waals surface area contributed by atoms with Crippen molar-refractivity contribution in [3.63, 3.8) is 0 Å². The van der Waals surface area contributed by atoms with Crippen LogP contribution >= 0.6 is 24.0 Å². The zero-order valence-electron chi connectivity index (χ0n) is 12.8. The first kappa shape index (κ1) is 18.2. The number of rotatable bonds is 5. The maximum atomic E-state index is 5.89. The van der Waals surface area contributed by atoms with Crippen LogP contribution in [0.25, 0.3) is 0 Å². The number of halogens is 1. The van der Waals surface area contributed by atoms with Crippen LogP contribution in [0.2, 0.25) is 0 Å². The molecule has 0 unspecified atom stereocenters. The smallest absolute Gasteiger partial charge is 0.228 e. The molecule has 0 radical (unpaired) electrons. The van der Waals surface area contributed by atoms with Gasteiger partial charge in [0.25, 0.3) is 0 Å². The van der Waals surface area contributed by atoms with Gasteiger partial charge in [-0.1, -0.05) is 38.3 Å². The summed E-state index contributed by atoms with van der Waals surface area (Å²) in [5.74, 6) is 2.19. The molecule has 2 rings (SSSR count). The lowest BCUT2D eigenvalue weighted by Gasteiger charge is -2.23. The Labute approximate surface area is 143 Å². The molecule has 1 fully saturated rings. The van der Waals surface area contributed by atoms with E-state index in [1.54, 1.807) is 0 Å². The molecule has 6 nitrogen and oxygen atoms in total. The summed E-state index contributed by atoms with van der Waals surface area (Å²) in [5.41, 5.74) is 5.89. The summed E-state index contributed by atoms with van der Waals surface area (Å²) < 4.78 is 5.17. The van der Waals surface area contributed by atoms with Crippen LogP contribution in [-0.4, -0.2) is 28.7 Å². The summed E-state index contributed by atoms with van der Waals surface area (Å²) >= 11 is 0. The molecular weight excluding hydrogens is 381 g/mol. The van der Waals surface area contributed by atoms with Gasteiger partial charge in [-0.25, -0.2) is 0 Å². The van der Waals surface area contributed by atoms with E-state index < -0.39 is 0 Å². The molecule has 0 amide bonds. The number of aromatic nitrogens is 2. The number of aliphatic imine (C=N–C) groups is 1. The predicted molar refractivity (Wildman–Crippen MR) is 94.0 cm³/mol. The lowest BCUT2D eigenvalue weighted by molar-refractivity contribution is 0.372. The molecule has 0 spiro atoms. The highest BCUT2D eigenvalue weighted by atomic mass is 127. The molecule has 1 aliphatic rings. The summed E-state index contributed by atoms with van der Waals surface area (Å²) in [6.45, 7) is 4.66. The van der Waals surface area contributed by atoms with Crippen molar-refractivity contribution in [3.05, 3.63) is 11.7 Å². The van der Waals surface area contributed by atoms with Crippen LogP contribution in [0.3, 0.4) is 0 Å². The fourth-order valence-corrected chi connectivity index (χ4v) is 2.38. The van der Waals surface area contributed by atoms with Crippen molar-refractivity contribution in [2.45, 2.75) is 64.3 Å². The highest BCUT2D eigenvalue weighted by molar-refractivity contribution is 14.0. The molecule has 0 aromatic carbocycles. The molecule has 120 valence electrons. The quantitative estimate of drug-likeness (QED) is 0.445. The maximum Gasteiger partial charge on any atom is 0.228 e. The fourth-order valence-electron chi connectivity index (χ4n) is 2.38. The average Bonchev–Trinajstić information content (AvgIpc) is 2.89. The van der Waals surface area contributed by atoms with Crippen LogP contribution in [0.4, 0.5) is 0 Å². The number of guanidine groups is 1. The maximum absolute atomic E-state index is 5.89. The van der Waals surface area contributed by atoms with E-state index in [0.29, 0.717) is 30.9 Å². The zero-order valence-corrected chi connectivity index (χ0v) is 15.2. The Bertz CT molecular complexity index is 440. The molecule has 21 heavy (non-hydrogen) atoms. The topological polar surface area (TPSA) is 89.3 Å². The Morgan fingerprint density at radius 2 is 2.10 bits per heavy atom. The predicted octanol–water partition coefficient (Wildman–Crippen LogP) is 2.59. The third kappa shape index (κ3) is 6.19. The second-order valence-corrected chi connectivity index (χ2v) is 5.70. The van der Waals surface area contributed by atoms with Crippen molar-refractivity contribution in [3.8, 4) is 0 Å². The molecule has 1 aliphatic carbocycles. The van der Waals surface area contributed by atoms with Gasteiger partial charge in [0.1, 0.15) is 0 Å². The largest absolute Gasteiger partial charge is 0.370 e. The van der Waals surface area contributed by atoms with Crippen LogP contribution in [0, 0.1) is 0 Å². The first-order valence-corrected chi connectivity index (χ1v) is 7.54. The fraction of sp³-hybridized carbons (Fsp3) is 0.786. The SMILES string of the molecule is CC(C)c1noc(CCN=C(N)NC2CCCCC2)n1.I. The summed E-state index contributed by atoms with van der Waals surface area (Å²) in [7, 11) is 0. The van der Waals surface area contributed by atoms with Gasteiger partial charge in [-0.2, -0.15) is 4.98 Å². The van der Waals surface area contributed by atoms with Gasteiger partial charge in [0.05, 0.1) is 6.54 Å². The van der Waals surface area contributed by atoms with Gasteiger partial charge in [0.2, 0.25) is 5.89 Å². The standard InChI is InChI=1S/C14H25N5O.HI/c1-10(2)13-18-12(20-19-13)8-9-16-14(15)17-11-6-4-3-5-7-11;/h10-11H,3-9H2,1-2H3,(H3,15,16,17);1H. The third-order valence-corrected chi connectivity index (χ3v) is 3.57. The Balaban J connectivity index is 0.00000220. The molecule has 0 atom stereocenters. The number of hydrogen-bond acceptors (Lipinski definition) is 4. The summed E-state index contributed by atoms with van der Waals surface area (Å²) in [6, 6.07) is 0.489. The van der Waals surface area contributed by atoms with E-state index in [-0.39, 0.29) is 29.9 Å². The first-order chi connectivity index (χ1) is 9.65. The average molecular weight is 407 g/mol. The lowest BCUT2D eigenvalue weighted by atomic mass is 9.96. The summed E-state index contributed by atoms with van der Waals surface area (Å²) in [6.07, 6.45) is 6.92. The van der Waals surface area contributed by atoms with E-state index >= 15 is 0 Å².